The van der Waals surface area contributed by atoms with Crippen LogP contribution in [0, 0.1) is 5.82 Å². The first kappa shape index (κ1) is 20.8. The average Bonchev–Trinajstić information content (AvgIpc) is 2.56. The molecule has 26 heavy (non-hydrogen) atoms. The second-order valence-electron chi connectivity index (χ2n) is 4.97. The summed E-state index contributed by atoms with van der Waals surface area (Å²) in [4.78, 5) is 11.4. The largest absolute Gasteiger partial charge is 0.469 e. The third-order valence-corrected chi connectivity index (χ3v) is 4.61. The number of ether oxygens (including phenoxy) is 2. The molecule has 10 heteroatoms. The van der Waals surface area contributed by atoms with Gasteiger partial charge in [-0.05, 0) is 29.8 Å². The molecule has 0 atom stereocenters. The van der Waals surface area contributed by atoms with Gasteiger partial charge in [0.05, 0.1) is 24.1 Å². The van der Waals surface area contributed by atoms with Crippen LogP contribution < -0.4 is 4.74 Å². The molecule has 0 N–H and O–H groups in total. The number of halogens is 7. The van der Waals surface area contributed by atoms with E-state index in [0.717, 1.165) is 0 Å². The van der Waals surface area contributed by atoms with E-state index in [1.165, 1.54) is 25.3 Å². The van der Waals surface area contributed by atoms with Gasteiger partial charge in [0, 0.05) is 4.47 Å². The molecule has 0 unspecified atom stereocenters. The van der Waals surface area contributed by atoms with Crippen LogP contribution in [0.1, 0.15) is 11.1 Å². The maximum absolute atomic E-state index is 13.9. The van der Waals surface area contributed by atoms with Crippen molar-refractivity contribution in [1.29, 1.82) is 0 Å². The third-order valence-electron chi connectivity index (χ3n) is 3.22. The molecular formula is C16H9BrCl2F4O3. The summed E-state index contributed by atoms with van der Waals surface area (Å²) in [6.07, 6.45) is -5.04. The van der Waals surface area contributed by atoms with Crippen molar-refractivity contribution >= 4 is 45.1 Å². The van der Waals surface area contributed by atoms with Crippen LogP contribution in [0.4, 0.5) is 17.6 Å². The molecule has 0 amide bonds. The molecular weight excluding hydrogens is 467 g/mol. The first-order valence-electron chi connectivity index (χ1n) is 6.82. The number of carbonyl (C=O) groups is 1. The summed E-state index contributed by atoms with van der Waals surface area (Å²) in [6.45, 7) is 0. The van der Waals surface area contributed by atoms with Gasteiger partial charge in [0.25, 0.3) is 0 Å². The van der Waals surface area contributed by atoms with Gasteiger partial charge >= 0.3 is 12.1 Å². The Bertz CT molecular complexity index is 856. The molecule has 0 spiro atoms. The lowest BCUT2D eigenvalue weighted by Crippen LogP contribution is -2.09. The molecule has 0 fully saturated rings. The Kier molecular flexibility index (Phi) is 6.42. The monoisotopic (exact) mass is 474 g/mol. The van der Waals surface area contributed by atoms with Crippen LogP contribution in [0.3, 0.4) is 0 Å². The zero-order chi connectivity index (χ0) is 19.6. The molecule has 0 aromatic heterocycles. The zero-order valence-electron chi connectivity index (χ0n) is 12.9. The van der Waals surface area contributed by atoms with Crippen LogP contribution in [-0.2, 0) is 22.1 Å². The Labute approximate surface area is 163 Å². The predicted octanol–water partition coefficient (Wildman–Crippen LogP) is 6.42. The Hall–Kier alpha value is -1.51. The van der Waals surface area contributed by atoms with Crippen molar-refractivity contribution in [1.82, 2.24) is 0 Å². The standard InChI is InChI=1S/C16H9BrCl2F4O3/c1-25-12(24)5-7-4-8(2-3-10(7)17)26-15-11(18)6-9(16(21,22)23)14(20)13(15)19/h2-4,6H,5H2,1H3. The van der Waals surface area contributed by atoms with E-state index in [-0.39, 0.29) is 12.2 Å². The highest BCUT2D eigenvalue weighted by atomic mass is 79.9. The van der Waals surface area contributed by atoms with Crippen LogP contribution in [0.2, 0.25) is 10.0 Å². The second kappa shape index (κ2) is 8.02. The lowest BCUT2D eigenvalue weighted by molar-refractivity contribution is -0.140. The molecule has 0 aliphatic rings. The minimum absolute atomic E-state index is 0.0862. The van der Waals surface area contributed by atoms with Crippen LogP contribution >= 0.6 is 39.1 Å². The van der Waals surface area contributed by atoms with E-state index in [0.29, 0.717) is 16.1 Å². The number of methoxy groups -OCH3 is 1. The predicted molar refractivity (Wildman–Crippen MR) is 91.4 cm³/mol. The van der Waals surface area contributed by atoms with E-state index in [1.807, 2.05) is 0 Å². The van der Waals surface area contributed by atoms with E-state index >= 15 is 0 Å². The van der Waals surface area contributed by atoms with Crippen molar-refractivity contribution in [3.63, 3.8) is 0 Å². The van der Waals surface area contributed by atoms with Gasteiger partial charge in [-0.3, -0.25) is 4.79 Å². The number of rotatable bonds is 4. The topological polar surface area (TPSA) is 35.5 Å². The van der Waals surface area contributed by atoms with E-state index in [4.69, 9.17) is 27.9 Å². The number of carbonyl (C=O) groups excluding carboxylic acids is 1. The van der Waals surface area contributed by atoms with Gasteiger partial charge in [-0.15, -0.1) is 0 Å². The summed E-state index contributed by atoms with van der Waals surface area (Å²) in [6, 6.07) is 4.79. The van der Waals surface area contributed by atoms with Gasteiger partial charge in [0.1, 0.15) is 10.8 Å². The Morgan fingerprint density at radius 2 is 1.88 bits per heavy atom. The molecule has 140 valence electrons. The number of hydrogen-bond acceptors (Lipinski definition) is 3. The van der Waals surface area contributed by atoms with Gasteiger partial charge in [-0.1, -0.05) is 39.1 Å². The molecule has 0 aliphatic heterocycles. The van der Waals surface area contributed by atoms with Crippen molar-refractivity contribution in [3.05, 3.63) is 55.7 Å². The highest BCUT2D eigenvalue weighted by Crippen LogP contribution is 2.44. The highest BCUT2D eigenvalue weighted by molar-refractivity contribution is 9.10. The molecule has 0 heterocycles. The summed E-state index contributed by atoms with van der Waals surface area (Å²) in [5, 5.41) is -1.41. The fourth-order valence-electron chi connectivity index (χ4n) is 1.97. The van der Waals surface area contributed by atoms with Crippen LogP contribution in [0.5, 0.6) is 11.5 Å². The molecule has 2 aromatic rings. The molecule has 0 saturated heterocycles. The van der Waals surface area contributed by atoms with Crippen LogP contribution in [0.15, 0.2) is 28.7 Å². The van der Waals surface area contributed by atoms with E-state index < -0.39 is 39.3 Å². The summed E-state index contributed by atoms with van der Waals surface area (Å²) in [7, 11) is 1.22. The van der Waals surface area contributed by atoms with Crippen LogP contribution in [0.25, 0.3) is 0 Å². The highest BCUT2D eigenvalue weighted by Gasteiger charge is 2.37. The van der Waals surface area contributed by atoms with Gasteiger partial charge in [-0.2, -0.15) is 13.2 Å². The maximum atomic E-state index is 13.9. The first-order valence-corrected chi connectivity index (χ1v) is 8.37. The van der Waals surface area contributed by atoms with Crippen molar-refractivity contribution in [2.24, 2.45) is 0 Å². The summed E-state index contributed by atoms with van der Waals surface area (Å²) < 4.78 is 62.8. The van der Waals surface area contributed by atoms with Crippen molar-refractivity contribution in [2.75, 3.05) is 7.11 Å². The Morgan fingerprint density at radius 1 is 1.23 bits per heavy atom. The fourth-order valence-corrected chi connectivity index (χ4v) is 2.89. The zero-order valence-corrected chi connectivity index (χ0v) is 16.0. The molecule has 0 aliphatic carbocycles. The van der Waals surface area contributed by atoms with Gasteiger partial charge in [0.15, 0.2) is 11.6 Å². The van der Waals surface area contributed by atoms with Gasteiger partial charge < -0.3 is 9.47 Å². The summed E-state index contributed by atoms with van der Waals surface area (Å²) >= 11 is 14.7. The summed E-state index contributed by atoms with van der Waals surface area (Å²) in [5.41, 5.74) is -1.11. The first-order chi connectivity index (χ1) is 12.0. The molecule has 0 radical (unpaired) electrons. The summed E-state index contributed by atoms with van der Waals surface area (Å²) in [5.74, 6) is -2.58. The van der Waals surface area contributed by atoms with Gasteiger partial charge in [-0.25, -0.2) is 4.39 Å². The minimum atomic E-state index is -4.96. The number of alkyl halides is 3. The second-order valence-corrected chi connectivity index (χ2v) is 6.61. The average molecular weight is 476 g/mol. The van der Waals surface area contributed by atoms with E-state index in [1.54, 1.807) is 0 Å². The molecule has 2 aromatic carbocycles. The number of benzene rings is 2. The SMILES string of the molecule is COC(=O)Cc1cc(Oc2c(Cl)cc(C(F)(F)F)c(F)c2Cl)ccc1Br. The normalized spacial score (nSPS) is 11.4. The van der Waals surface area contributed by atoms with Crippen molar-refractivity contribution in [2.45, 2.75) is 12.6 Å². The smallest absolute Gasteiger partial charge is 0.419 e. The van der Waals surface area contributed by atoms with Crippen molar-refractivity contribution < 1.29 is 31.8 Å². The third kappa shape index (κ3) is 4.61. The molecule has 0 bridgehead atoms. The van der Waals surface area contributed by atoms with Crippen molar-refractivity contribution in [3.8, 4) is 11.5 Å². The molecule has 2 rings (SSSR count). The fraction of sp³-hybridized carbons (Fsp3) is 0.188. The Morgan fingerprint density at radius 3 is 2.46 bits per heavy atom. The Balaban J connectivity index is 2.42. The lowest BCUT2D eigenvalue weighted by atomic mass is 10.1. The number of esters is 1. The quantitative estimate of drug-likeness (QED) is 0.290. The van der Waals surface area contributed by atoms with Gasteiger partial charge in [0.2, 0.25) is 0 Å². The molecule has 3 nitrogen and oxygen atoms in total. The van der Waals surface area contributed by atoms with E-state index in [2.05, 4.69) is 20.7 Å². The lowest BCUT2D eigenvalue weighted by Gasteiger charge is -2.15. The maximum Gasteiger partial charge on any atom is 0.419 e. The number of hydrogen-bond donors (Lipinski definition) is 0. The van der Waals surface area contributed by atoms with E-state index in [9.17, 15) is 22.4 Å². The molecule has 0 saturated carbocycles. The van der Waals surface area contributed by atoms with Crippen LogP contribution in [-0.4, -0.2) is 13.1 Å². The minimum Gasteiger partial charge on any atom is -0.469 e.